The van der Waals surface area contributed by atoms with Crippen LogP contribution in [0, 0.1) is 5.82 Å². The number of hydrogen-bond donors (Lipinski definition) is 2. The number of phenolic OH excluding ortho intramolecular Hbond substituents is 1. The highest BCUT2D eigenvalue weighted by Crippen LogP contribution is 2.33. The molecule has 0 amide bonds. The van der Waals surface area contributed by atoms with Gasteiger partial charge in [0.2, 0.25) is 0 Å². The first-order valence-electron chi connectivity index (χ1n) is 4.15. The molecule has 4 heteroatoms. The Labute approximate surface area is 81.8 Å². The maximum atomic E-state index is 13.3. The van der Waals surface area contributed by atoms with Crippen molar-refractivity contribution in [3.63, 3.8) is 0 Å². The van der Waals surface area contributed by atoms with Gasteiger partial charge in [-0.2, -0.15) is 0 Å². The average molecular weight is 200 g/mol. The third kappa shape index (κ3) is 1.96. The lowest BCUT2D eigenvalue weighted by Gasteiger charge is -2.19. The van der Waals surface area contributed by atoms with E-state index in [1.54, 1.807) is 0 Å². The monoisotopic (exact) mass is 200 g/mol. The molecule has 0 unspecified atom stereocenters. The summed E-state index contributed by atoms with van der Waals surface area (Å²) in [4.78, 5) is 0. The first-order chi connectivity index (χ1) is 6.36. The minimum absolute atomic E-state index is 0.0900. The summed E-state index contributed by atoms with van der Waals surface area (Å²) in [6.45, 7) is 2.92. The van der Waals surface area contributed by atoms with E-state index in [-0.39, 0.29) is 17.1 Å². The Morgan fingerprint density at radius 3 is 2.36 bits per heavy atom. The first-order valence-corrected chi connectivity index (χ1v) is 4.15. The second-order valence-corrected chi connectivity index (χ2v) is 3.56. The van der Waals surface area contributed by atoms with Gasteiger partial charge in [0.1, 0.15) is 5.82 Å². The molecule has 0 aromatic heterocycles. The van der Waals surface area contributed by atoms with Crippen molar-refractivity contribution in [3.8, 4) is 11.5 Å². The fourth-order valence-corrected chi connectivity index (χ4v) is 1.18. The van der Waals surface area contributed by atoms with Crippen LogP contribution in [-0.4, -0.2) is 17.3 Å². The van der Waals surface area contributed by atoms with Crippen LogP contribution in [0.15, 0.2) is 12.1 Å². The number of ether oxygens (including phenoxy) is 1. The lowest BCUT2D eigenvalue weighted by Crippen LogP contribution is -2.17. The molecule has 0 spiro atoms. The predicted molar refractivity (Wildman–Crippen MR) is 49.9 cm³/mol. The fourth-order valence-electron chi connectivity index (χ4n) is 1.18. The van der Waals surface area contributed by atoms with Gasteiger partial charge in [0.15, 0.2) is 11.5 Å². The quantitative estimate of drug-likeness (QED) is 0.764. The van der Waals surface area contributed by atoms with E-state index in [0.29, 0.717) is 0 Å². The van der Waals surface area contributed by atoms with Gasteiger partial charge in [-0.1, -0.05) is 0 Å². The number of rotatable bonds is 2. The van der Waals surface area contributed by atoms with Crippen molar-refractivity contribution in [2.24, 2.45) is 0 Å². The van der Waals surface area contributed by atoms with E-state index in [0.717, 1.165) is 6.07 Å². The van der Waals surface area contributed by atoms with Crippen LogP contribution in [-0.2, 0) is 5.60 Å². The second kappa shape index (κ2) is 3.46. The van der Waals surface area contributed by atoms with E-state index >= 15 is 0 Å². The summed E-state index contributed by atoms with van der Waals surface area (Å²) >= 11 is 0. The van der Waals surface area contributed by atoms with Gasteiger partial charge in [0.25, 0.3) is 0 Å². The molecule has 2 N–H and O–H groups in total. The summed E-state index contributed by atoms with van der Waals surface area (Å²) in [6.07, 6.45) is 0. The molecule has 0 bridgehead atoms. The summed E-state index contributed by atoms with van der Waals surface area (Å²) in [5, 5.41) is 18.8. The standard InChI is InChI=1S/C10H13FO3/c1-10(2,13)6-4-9(14-3)8(12)5-7(6)11/h4-5,12-13H,1-3H3. The molecule has 78 valence electrons. The smallest absolute Gasteiger partial charge is 0.161 e. The summed E-state index contributed by atoms with van der Waals surface area (Å²) in [6, 6.07) is 2.21. The van der Waals surface area contributed by atoms with Gasteiger partial charge in [0, 0.05) is 11.6 Å². The van der Waals surface area contributed by atoms with Gasteiger partial charge in [-0.05, 0) is 19.9 Å². The molecule has 0 saturated carbocycles. The maximum absolute atomic E-state index is 13.3. The van der Waals surface area contributed by atoms with E-state index in [1.165, 1.54) is 27.0 Å². The average Bonchev–Trinajstić information content (AvgIpc) is 2.02. The van der Waals surface area contributed by atoms with Gasteiger partial charge in [-0.25, -0.2) is 4.39 Å². The van der Waals surface area contributed by atoms with Crippen molar-refractivity contribution in [1.82, 2.24) is 0 Å². The zero-order valence-electron chi connectivity index (χ0n) is 8.34. The Hall–Kier alpha value is -1.29. The molecule has 0 fully saturated rings. The van der Waals surface area contributed by atoms with Gasteiger partial charge in [-0.15, -0.1) is 0 Å². The zero-order valence-corrected chi connectivity index (χ0v) is 8.34. The molecule has 1 aromatic carbocycles. The normalized spacial score (nSPS) is 11.5. The molecule has 0 heterocycles. The molecule has 14 heavy (non-hydrogen) atoms. The number of methoxy groups -OCH3 is 1. The molecule has 3 nitrogen and oxygen atoms in total. The molecule has 0 radical (unpaired) electrons. The summed E-state index contributed by atoms with van der Waals surface area (Å²) < 4.78 is 18.1. The molecular weight excluding hydrogens is 187 g/mol. The van der Waals surface area contributed by atoms with Crippen LogP contribution in [0.1, 0.15) is 19.4 Å². The van der Waals surface area contributed by atoms with Crippen molar-refractivity contribution in [3.05, 3.63) is 23.5 Å². The summed E-state index contributed by atoms with van der Waals surface area (Å²) in [5.41, 5.74) is -1.21. The predicted octanol–water partition coefficient (Wildman–Crippen LogP) is 1.77. The molecule has 0 aliphatic carbocycles. The molecular formula is C10H13FO3. The number of phenols is 1. The SMILES string of the molecule is COc1cc(C(C)(C)O)c(F)cc1O. The molecule has 1 rings (SSSR count). The van der Waals surface area contributed by atoms with Crippen LogP contribution < -0.4 is 4.74 Å². The Morgan fingerprint density at radius 1 is 1.36 bits per heavy atom. The maximum Gasteiger partial charge on any atom is 0.161 e. The number of aliphatic hydroxyl groups is 1. The van der Waals surface area contributed by atoms with Crippen LogP contribution in [0.5, 0.6) is 11.5 Å². The molecule has 0 saturated heterocycles. The van der Waals surface area contributed by atoms with E-state index in [9.17, 15) is 14.6 Å². The van der Waals surface area contributed by atoms with Crippen LogP contribution in [0.25, 0.3) is 0 Å². The fraction of sp³-hybridized carbons (Fsp3) is 0.400. The van der Waals surface area contributed by atoms with Crippen molar-refractivity contribution in [2.75, 3.05) is 7.11 Å². The highest BCUT2D eigenvalue weighted by molar-refractivity contribution is 5.44. The van der Waals surface area contributed by atoms with Gasteiger partial charge >= 0.3 is 0 Å². The largest absolute Gasteiger partial charge is 0.504 e. The second-order valence-electron chi connectivity index (χ2n) is 3.56. The van der Waals surface area contributed by atoms with Crippen molar-refractivity contribution >= 4 is 0 Å². The number of aromatic hydroxyl groups is 1. The van der Waals surface area contributed by atoms with Crippen LogP contribution in [0.2, 0.25) is 0 Å². The molecule has 1 aromatic rings. The minimum atomic E-state index is -1.30. The van der Waals surface area contributed by atoms with Gasteiger partial charge in [-0.3, -0.25) is 0 Å². The molecule has 0 atom stereocenters. The zero-order chi connectivity index (χ0) is 10.9. The Balaban J connectivity index is 3.32. The van der Waals surface area contributed by atoms with E-state index in [2.05, 4.69) is 0 Å². The third-order valence-corrected chi connectivity index (χ3v) is 1.93. The molecule has 0 aliphatic heterocycles. The Kier molecular flexibility index (Phi) is 2.66. The Morgan fingerprint density at radius 2 is 1.93 bits per heavy atom. The van der Waals surface area contributed by atoms with Crippen molar-refractivity contribution in [1.29, 1.82) is 0 Å². The van der Waals surface area contributed by atoms with E-state index < -0.39 is 11.4 Å². The lowest BCUT2D eigenvalue weighted by molar-refractivity contribution is 0.0741. The minimum Gasteiger partial charge on any atom is -0.504 e. The first kappa shape index (κ1) is 10.8. The van der Waals surface area contributed by atoms with Crippen molar-refractivity contribution in [2.45, 2.75) is 19.4 Å². The van der Waals surface area contributed by atoms with Crippen LogP contribution in [0.4, 0.5) is 4.39 Å². The van der Waals surface area contributed by atoms with Crippen LogP contribution in [0.3, 0.4) is 0 Å². The number of hydrogen-bond acceptors (Lipinski definition) is 3. The molecule has 0 aliphatic rings. The van der Waals surface area contributed by atoms with Gasteiger partial charge in [0.05, 0.1) is 12.7 Å². The summed E-state index contributed by atoms with van der Waals surface area (Å²) in [5.74, 6) is -0.794. The number of halogens is 1. The van der Waals surface area contributed by atoms with Crippen molar-refractivity contribution < 1.29 is 19.3 Å². The summed E-state index contributed by atoms with van der Waals surface area (Å²) in [7, 11) is 1.36. The van der Waals surface area contributed by atoms with Gasteiger partial charge < -0.3 is 14.9 Å². The lowest BCUT2D eigenvalue weighted by atomic mass is 9.97. The van der Waals surface area contributed by atoms with E-state index in [4.69, 9.17) is 4.74 Å². The van der Waals surface area contributed by atoms with E-state index in [1.807, 2.05) is 0 Å². The topological polar surface area (TPSA) is 49.7 Å². The van der Waals surface area contributed by atoms with Crippen LogP contribution >= 0.6 is 0 Å². The number of benzene rings is 1. The Bertz CT molecular complexity index is 342. The highest BCUT2D eigenvalue weighted by atomic mass is 19.1. The highest BCUT2D eigenvalue weighted by Gasteiger charge is 2.22. The third-order valence-electron chi connectivity index (χ3n) is 1.93.